The lowest BCUT2D eigenvalue weighted by molar-refractivity contribution is -0.138. The van der Waals surface area contributed by atoms with Gasteiger partial charge in [-0.3, -0.25) is 9.67 Å². The maximum atomic E-state index is 13.9. The predicted octanol–water partition coefficient (Wildman–Crippen LogP) is 6.49. The summed E-state index contributed by atoms with van der Waals surface area (Å²) < 4.78 is 43.4. The van der Waals surface area contributed by atoms with E-state index in [1.807, 2.05) is 33.2 Å². The number of nitrogens with zero attached hydrogens (tertiary/aromatic N) is 4. The highest BCUT2D eigenvalue weighted by Gasteiger charge is 2.34. The standard InChI is InChI=1S/C29H31F3N6O/c1-18-27-24(16-33-17-26(27)38(3)36-18)20-4-7-22(8-5-20)34-28(39)35-23-9-6-21(25(15-23)29(30,31)32)14-19-10-12-37(2)13-11-19/h4-9,15-17,19H,10-14H2,1-3H3,(H2,34,35,39). The number of carbonyl (C=O) groups is 1. The Kier molecular flexibility index (Phi) is 7.31. The Bertz CT molecular complexity index is 1490. The molecule has 0 radical (unpaired) electrons. The number of rotatable bonds is 5. The number of amides is 2. The molecule has 1 saturated heterocycles. The third-order valence-electron chi connectivity index (χ3n) is 7.41. The summed E-state index contributed by atoms with van der Waals surface area (Å²) >= 11 is 0. The molecule has 2 aromatic heterocycles. The number of benzene rings is 2. The average Bonchev–Trinajstić information content (AvgIpc) is 3.19. The van der Waals surface area contributed by atoms with Crippen molar-refractivity contribution in [2.75, 3.05) is 30.8 Å². The molecule has 2 aromatic carbocycles. The highest BCUT2D eigenvalue weighted by atomic mass is 19.4. The Morgan fingerprint density at radius 3 is 2.36 bits per heavy atom. The summed E-state index contributed by atoms with van der Waals surface area (Å²) in [5.74, 6) is 0.220. The number of hydrogen-bond acceptors (Lipinski definition) is 4. The van der Waals surface area contributed by atoms with E-state index >= 15 is 0 Å². The molecule has 0 bridgehead atoms. The normalized spacial score (nSPS) is 15.0. The number of piperidine rings is 1. The number of hydrogen-bond donors (Lipinski definition) is 2. The van der Waals surface area contributed by atoms with E-state index < -0.39 is 17.8 Å². The summed E-state index contributed by atoms with van der Waals surface area (Å²) in [5, 5.41) is 10.7. The number of urea groups is 1. The minimum Gasteiger partial charge on any atom is -0.308 e. The molecule has 39 heavy (non-hydrogen) atoms. The molecule has 0 spiro atoms. The summed E-state index contributed by atoms with van der Waals surface area (Å²) in [7, 11) is 3.89. The van der Waals surface area contributed by atoms with Crippen molar-refractivity contribution in [3.8, 4) is 11.1 Å². The van der Waals surface area contributed by atoms with Crippen LogP contribution in [0.3, 0.4) is 0 Å². The fourth-order valence-electron chi connectivity index (χ4n) is 5.32. The Labute approximate surface area is 225 Å². The average molecular weight is 537 g/mol. The molecule has 2 N–H and O–H groups in total. The van der Waals surface area contributed by atoms with Gasteiger partial charge in [0.05, 0.1) is 23.0 Å². The van der Waals surface area contributed by atoms with Gasteiger partial charge >= 0.3 is 12.2 Å². The van der Waals surface area contributed by atoms with E-state index in [1.54, 1.807) is 29.2 Å². The molecule has 10 heteroatoms. The molecule has 2 amide bonds. The summed E-state index contributed by atoms with van der Waals surface area (Å²) in [4.78, 5) is 19.1. The van der Waals surface area contributed by atoms with Crippen LogP contribution in [-0.4, -0.2) is 45.8 Å². The maximum absolute atomic E-state index is 13.9. The summed E-state index contributed by atoms with van der Waals surface area (Å²) in [5.41, 5.74) is 3.81. The van der Waals surface area contributed by atoms with Gasteiger partial charge in [0, 0.05) is 35.6 Å². The second kappa shape index (κ2) is 10.7. The number of nitrogens with one attached hydrogen (secondary N) is 2. The van der Waals surface area contributed by atoms with Crippen molar-refractivity contribution < 1.29 is 18.0 Å². The van der Waals surface area contributed by atoms with Crippen LogP contribution in [0.15, 0.2) is 54.9 Å². The van der Waals surface area contributed by atoms with Crippen LogP contribution in [0.4, 0.5) is 29.3 Å². The van der Waals surface area contributed by atoms with E-state index in [0.29, 0.717) is 12.1 Å². The van der Waals surface area contributed by atoms with E-state index in [1.165, 1.54) is 12.1 Å². The van der Waals surface area contributed by atoms with Crippen LogP contribution in [0.1, 0.15) is 29.7 Å². The van der Waals surface area contributed by atoms with E-state index in [0.717, 1.165) is 59.7 Å². The molecule has 7 nitrogen and oxygen atoms in total. The minimum atomic E-state index is -4.50. The van der Waals surface area contributed by atoms with Crippen molar-refractivity contribution >= 4 is 28.3 Å². The molecule has 1 aliphatic rings. The van der Waals surface area contributed by atoms with Gasteiger partial charge in [-0.05, 0) is 87.6 Å². The lowest BCUT2D eigenvalue weighted by Crippen LogP contribution is -2.31. The van der Waals surface area contributed by atoms with Crippen molar-refractivity contribution in [3.05, 3.63) is 71.7 Å². The number of fused-ring (bicyclic) bond motifs is 1. The number of anilines is 2. The number of alkyl halides is 3. The Morgan fingerprint density at radius 1 is 1.00 bits per heavy atom. The monoisotopic (exact) mass is 536 g/mol. The van der Waals surface area contributed by atoms with Gasteiger partial charge in [0.2, 0.25) is 0 Å². The van der Waals surface area contributed by atoms with Gasteiger partial charge in [-0.15, -0.1) is 0 Å². The smallest absolute Gasteiger partial charge is 0.308 e. The Hall–Kier alpha value is -3.92. The fourth-order valence-corrected chi connectivity index (χ4v) is 5.32. The summed E-state index contributed by atoms with van der Waals surface area (Å²) in [6, 6.07) is 10.6. The quantitative estimate of drug-likeness (QED) is 0.306. The lowest BCUT2D eigenvalue weighted by Gasteiger charge is -2.29. The number of carbonyl (C=O) groups excluding carboxylic acids is 1. The number of likely N-dealkylation sites (tertiary alicyclic amines) is 1. The van der Waals surface area contributed by atoms with Crippen molar-refractivity contribution in [3.63, 3.8) is 0 Å². The molecule has 4 aromatic rings. The van der Waals surface area contributed by atoms with Gasteiger partial charge in [-0.1, -0.05) is 18.2 Å². The topological polar surface area (TPSA) is 75.1 Å². The SMILES string of the molecule is Cc1nn(C)c2cncc(-c3ccc(NC(=O)Nc4ccc(CC5CCN(C)CC5)c(C(F)(F)F)c4)cc3)c12. The van der Waals surface area contributed by atoms with Gasteiger partial charge in [0.1, 0.15) is 0 Å². The Balaban J connectivity index is 1.28. The zero-order chi connectivity index (χ0) is 27.7. The van der Waals surface area contributed by atoms with E-state index in [9.17, 15) is 18.0 Å². The molecule has 0 aliphatic carbocycles. The van der Waals surface area contributed by atoms with Crippen molar-refractivity contribution in [1.82, 2.24) is 19.7 Å². The van der Waals surface area contributed by atoms with Crippen LogP contribution >= 0.6 is 0 Å². The summed E-state index contributed by atoms with van der Waals surface area (Å²) in [6.45, 7) is 3.72. The molecule has 5 rings (SSSR count). The number of aryl methyl sites for hydroxylation is 2. The fraction of sp³-hybridized carbons (Fsp3) is 0.345. The predicted molar refractivity (Wildman–Crippen MR) is 147 cm³/mol. The van der Waals surface area contributed by atoms with Gasteiger partial charge in [0.15, 0.2) is 0 Å². The molecular formula is C29H31F3N6O. The third kappa shape index (κ3) is 5.90. The summed E-state index contributed by atoms with van der Waals surface area (Å²) in [6.07, 6.45) is 1.18. The van der Waals surface area contributed by atoms with E-state index in [4.69, 9.17) is 0 Å². The van der Waals surface area contributed by atoms with Crippen LogP contribution in [0.5, 0.6) is 0 Å². The van der Waals surface area contributed by atoms with Gasteiger partial charge < -0.3 is 15.5 Å². The largest absolute Gasteiger partial charge is 0.416 e. The van der Waals surface area contributed by atoms with E-state index in [2.05, 4.69) is 25.6 Å². The molecule has 204 valence electrons. The van der Waals surface area contributed by atoms with Gasteiger partial charge in [-0.25, -0.2) is 4.79 Å². The number of aromatic nitrogens is 3. The minimum absolute atomic E-state index is 0.0911. The lowest BCUT2D eigenvalue weighted by atomic mass is 9.88. The highest BCUT2D eigenvalue weighted by molar-refractivity contribution is 6.00. The van der Waals surface area contributed by atoms with Crippen LogP contribution in [0, 0.1) is 12.8 Å². The second-order valence-electron chi connectivity index (χ2n) is 10.3. The molecule has 0 unspecified atom stereocenters. The first-order valence-electron chi connectivity index (χ1n) is 12.9. The van der Waals surface area contributed by atoms with Gasteiger partial charge in [-0.2, -0.15) is 18.3 Å². The van der Waals surface area contributed by atoms with Gasteiger partial charge in [0.25, 0.3) is 0 Å². The zero-order valence-corrected chi connectivity index (χ0v) is 22.1. The number of halogens is 3. The highest BCUT2D eigenvalue weighted by Crippen LogP contribution is 2.36. The van der Waals surface area contributed by atoms with Crippen molar-refractivity contribution in [2.24, 2.45) is 13.0 Å². The second-order valence-corrected chi connectivity index (χ2v) is 10.3. The maximum Gasteiger partial charge on any atom is 0.416 e. The van der Waals surface area contributed by atoms with Crippen molar-refractivity contribution in [1.29, 1.82) is 0 Å². The Morgan fingerprint density at radius 2 is 1.67 bits per heavy atom. The van der Waals surface area contributed by atoms with E-state index in [-0.39, 0.29) is 17.2 Å². The van der Waals surface area contributed by atoms with Crippen LogP contribution in [0.2, 0.25) is 0 Å². The molecular weight excluding hydrogens is 505 g/mol. The first kappa shape index (κ1) is 26.7. The number of pyridine rings is 1. The third-order valence-corrected chi connectivity index (χ3v) is 7.41. The zero-order valence-electron chi connectivity index (χ0n) is 22.1. The van der Waals surface area contributed by atoms with Crippen LogP contribution < -0.4 is 10.6 Å². The molecule has 0 atom stereocenters. The molecule has 3 heterocycles. The molecule has 1 aliphatic heterocycles. The van der Waals surface area contributed by atoms with Crippen LogP contribution in [0.25, 0.3) is 22.0 Å². The molecule has 1 fully saturated rings. The molecule has 0 saturated carbocycles. The first-order valence-corrected chi connectivity index (χ1v) is 12.9. The first-order chi connectivity index (χ1) is 18.6. The van der Waals surface area contributed by atoms with Crippen LogP contribution in [-0.2, 0) is 19.6 Å². The van der Waals surface area contributed by atoms with Crippen molar-refractivity contribution in [2.45, 2.75) is 32.4 Å².